The van der Waals surface area contributed by atoms with E-state index < -0.39 is 24.4 Å². The van der Waals surface area contributed by atoms with Gasteiger partial charge >= 0.3 is 5.97 Å². The molecule has 0 bridgehead atoms. The van der Waals surface area contributed by atoms with E-state index in [-0.39, 0.29) is 0 Å². The number of hydrogen-bond donors (Lipinski definition) is 2. The lowest BCUT2D eigenvalue weighted by molar-refractivity contribution is -0.129. The molecule has 102 valence electrons. The Morgan fingerprint density at radius 1 is 1.11 bits per heavy atom. The third-order valence-corrected chi connectivity index (χ3v) is 2.04. The molecule has 0 aliphatic carbocycles. The van der Waals surface area contributed by atoms with Gasteiger partial charge in [-0.3, -0.25) is 20.4 Å². The summed E-state index contributed by atoms with van der Waals surface area (Å²) in [6, 6.07) is 6.25. The molecule has 0 aliphatic rings. The van der Waals surface area contributed by atoms with Crippen molar-refractivity contribution in [1.82, 2.24) is 10.9 Å². The molecule has 0 fully saturated rings. The fourth-order valence-electron chi connectivity index (χ4n) is 1.14. The normalized spacial score (nSPS) is 9.37. The number of amides is 2. The maximum absolute atomic E-state index is 11.6. The van der Waals surface area contributed by atoms with Crippen LogP contribution >= 0.6 is 0 Å². The van der Waals surface area contributed by atoms with Crippen molar-refractivity contribution in [3.63, 3.8) is 0 Å². The van der Waals surface area contributed by atoms with Gasteiger partial charge < -0.3 is 9.47 Å². The molecular formula is C12H14N2O5. The monoisotopic (exact) mass is 266 g/mol. The number of rotatable bonds is 4. The van der Waals surface area contributed by atoms with Crippen molar-refractivity contribution in [3.05, 3.63) is 29.8 Å². The lowest BCUT2D eigenvalue weighted by Crippen LogP contribution is -2.42. The number of ether oxygens (including phenoxy) is 2. The number of hydrogen-bond acceptors (Lipinski definition) is 5. The van der Waals surface area contributed by atoms with Crippen LogP contribution in [-0.4, -0.2) is 31.5 Å². The van der Waals surface area contributed by atoms with Crippen LogP contribution in [0.4, 0.5) is 0 Å². The second-order valence-electron chi connectivity index (χ2n) is 3.53. The van der Waals surface area contributed by atoms with Crippen LogP contribution in [0, 0.1) is 0 Å². The molecule has 19 heavy (non-hydrogen) atoms. The van der Waals surface area contributed by atoms with E-state index in [0.717, 1.165) is 0 Å². The molecule has 0 aromatic heterocycles. The maximum Gasteiger partial charge on any atom is 0.338 e. The highest BCUT2D eigenvalue weighted by Gasteiger charge is 2.10. The zero-order valence-corrected chi connectivity index (χ0v) is 10.6. The smallest absolute Gasteiger partial charge is 0.338 e. The summed E-state index contributed by atoms with van der Waals surface area (Å²) in [6.07, 6.45) is 0. The highest BCUT2D eigenvalue weighted by atomic mass is 16.5. The summed E-state index contributed by atoms with van der Waals surface area (Å²) in [7, 11) is 1.51. The van der Waals surface area contributed by atoms with Gasteiger partial charge in [-0.15, -0.1) is 0 Å². The predicted molar refractivity (Wildman–Crippen MR) is 65.2 cm³/mol. The third-order valence-electron chi connectivity index (χ3n) is 2.04. The molecule has 0 aliphatic heterocycles. The van der Waals surface area contributed by atoms with E-state index in [0.29, 0.717) is 11.3 Å². The second kappa shape index (κ2) is 7.00. The largest absolute Gasteiger partial charge is 0.497 e. The third kappa shape index (κ3) is 5.07. The summed E-state index contributed by atoms with van der Waals surface area (Å²) in [4.78, 5) is 33.2. The van der Waals surface area contributed by atoms with E-state index in [4.69, 9.17) is 9.47 Å². The van der Waals surface area contributed by atoms with Crippen molar-refractivity contribution >= 4 is 17.8 Å². The van der Waals surface area contributed by atoms with E-state index in [1.54, 1.807) is 12.1 Å². The number of carbonyl (C=O) groups is 3. The summed E-state index contributed by atoms with van der Waals surface area (Å²) < 4.78 is 9.70. The highest BCUT2D eigenvalue weighted by molar-refractivity contribution is 5.91. The minimum absolute atomic E-state index is 0.299. The average Bonchev–Trinajstić information content (AvgIpc) is 2.42. The van der Waals surface area contributed by atoms with E-state index in [2.05, 4.69) is 10.9 Å². The molecule has 1 aromatic rings. The van der Waals surface area contributed by atoms with Crippen molar-refractivity contribution < 1.29 is 23.9 Å². The summed E-state index contributed by atoms with van der Waals surface area (Å²) in [5.74, 6) is -1.08. The van der Waals surface area contributed by atoms with Crippen LogP contribution in [0.5, 0.6) is 5.75 Å². The van der Waals surface area contributed by atoms with Gasteiger partial charge in [0.15, 0.2) is 6.61 Å². The maximum atomic E-state index is 11.6. The van der Waals surface area contributed by atoms with E-state index in [9.17, 15) is 14.4 Å². The van der Waals surface area contributed by atoms with Crippen LogP contribution in [0.15, 0.2) is 24.3 Å². The first-order chi connectivity index (χ1) is 9.02. The first-order valence-electron chi connectivity index (χ1n) is 5.39. The Morgan fingerprint density at radius 3 is 2.26 bits per heavy atom. The second-order valence-corrected chi connectivity index (χ2v) is 3.53. The lowest BCUT2D eigenvalue weighted by Gasteiger charge is -2.06. The number of esters is 1. The summed E-state index contributed by atoms with van der Waals surface area (Å²) in [6.45, 7) is 0.759. The van der Waals surface area contributed by atoms with Gasteiger partial charge in [-0.2, -0.15) is 0 Å². The Labute approximate surface area is 109 Å². The van der Waals surface area contributed by atoms with Gasteiger partial charge in [0, 0.05) is 6.92 Å². The zero-order chi connectivity index (χ0) is 14.3. The minimum Gasteiger partial charge on any atom is -0.497 e. The van der Waals surface area contributed by atoms with Gasteiger partial charge in [0.05, 0.1) is 12.7 Å². The topological polar surface area (TPSA) is 93.7 Å². The Balaban J connectivity index is 2.42. The SMILES string of the molecule is COc1ccc(C(=O)OCC(=O)NNC(C)=O)cc1. The molecule has 0 spiro atoms. The number of benzene rings is 1. The first kappa shape index (κ1) is 14.5. The highest BCUT2D eigenvalue weighted by Crippen LogP contribution is 2.11. The Morgan fingerprint density at radius 2 is 1.74 bits per heavy atom. The standard InChI is InChI=1S/C12H14N2O5/c1-8(15)13-14-11(16)7-19-12(17)9-3-5-10(18-2)6-4-9/h3-6H,7H2,1-2H3,(H,13,15)(H,14,16). The van der Waals surface area contributed by atoms with Crippen LogP contribution in [0.1, 0.15) is 17.3 Å². The van der Waals surface area contributed by atoms with Gasteiger partial charge in [-0.05, 0) is 24.3 Å². The van der Waals surface area contributed by atoms with Crippen LogP contribution in [0.2, 0.25) is 0 Å². The Kier molecular flexibility index (Phi) is 5.34. The molecule has 0 unspecified atom stereocenters. The molecular weight excluding hydrogens is 252 g/mol. The van der Waals surface area contributed by atoms with Gasteiger partial charge in [-0.1, -0.05) is 0 Å². The molecule has 2 N–H and O–H groups in total. The van der Waals surface area contributed by atoms with Crippen LogP contribution in [0.25, 0.3) is 0 Å². The Bertz CT molecular complexity index is 470. The van der Waals surface area contributed by atoms with Crippen molar-refractivity contribution in [2.24, 2.45) is 0 Å². The van der Waals surface area contributed by atoms with Gasteiger partial charge in [0.25, 0.3) is 5.91 Å². The number of methoxy groups -OCH3 is 1. The van der Waals surface area contributed by atoms with Gasteiger partial charge in [-0.25, -0.2) is 4.79 Å². The van der Waals surface area contributed by atoms with Gasteiger partial charge in [0.1, 0.15) is 5.75 Å². The van der Waals surface area contributed by atoms with Gasteiger partial charge in [0.2, 0.25) is 5.91 Å². The zero-order valence-electron chi connectivity index (χ0n) is 10.6. The molecule has 1 aromatic carbocycles. The number of nitrogens with one attached hydrogen (secondary N) is 2. The molecule has 7 nitrogen and oxygen atoms in total. The molecule has 0 radical (unpaired) electrons. The van der Waals surface area contributed by atoms with Crippen LogP contribution < -0.4 is 15.6 Å². The van der Waals surface area contributed by atoms with Crippen LogP contribution in [0.3, 0.4) is 0 Å². The lowest BCUT2D eigenvalue weighted by atomic mass is 10.2. The fourth-order valence-corrected chi connectivity index (χ4v) is 1.14. The van der Waals surface area contributed by atoms with Crippen molar-refractivity contribution in [2.75, 3.05) is 13.7 Å². The molecule has 0 saturated heterocycles. The van der Waals surface area contributed by atoms with Crippen molar-refractivity contribution in [2.45, 2.75) is 6.92 Å². The first-order valence-corrected chi connectivity index (χ1v) is 5.39. The fraction of sp³-hybridized carbons (Fsp3) is 0.250. The number of hydrazine groups is 1. The summed E-state index contributed by atoms with van der Waals surface area (Å²) in [5, 5.41) is 0. The predicted octanol–water partition coefficient (Wildman–Crippen LogP) is 0.0193. The number of carbonyl (C=O) groups excluding carboxylic acids is 3. The van der Waals surface area contributed by atoms with E-state index in [1.165, 1.54) is 26.2 Å². The average molecular weight is 266 g/mol. The summed E-state index contributed by atoms with van der Waals surface area (Å²) in [5.41, 5.74) is 4.45. The summed E-state index contributed by atoms with van der Waals surface area (Å²) >= 11 is 0. The van der Waals surface area contributed by atoms with E-state index in [1.807, 2.05) is 0 Å². The minimum atomic E-state index is -0.638. The van der Waals surface area contributed by atoms with Crippen LogP contribution in [-0.2, 0) is 14.3 Å². The molecule has 1 rings (SSSR count). The molecule has 0 atom stereocenters. The molecule has 0 heterocycles. The van der Waals surface area contributed by atoms with Crippen molar-refractivity contribution in [3.8, 4) is 5.75 Å². The van der Waals surface area contributed by atoms with Crippen molar-refractivity contribution in [1.29, 1.82) is 0 Å². The van der Waals surface area contributed by atoms with E-state index >= 15 is 0 Å². The molecule has 7 heteroatoms. The Hall–Kier alpha value is -2.57. The molecule has 0 saturated carbocycles. The molecule has 2 amide bonds. The quantitative estimate of drug-likeness (QED) is 0.592.